The van der Waals surface area contributed by atoms with E-state index in [1.165, 1.54) is 51.4 Å². The molecule has 100 valence electrons. The van der Waals surface area contributed by atoms with Crippen molar-refractivity contribution in [2.24, 2.45) is 5.92 Å². The minimum atomic E-state index is 0.186. The van der Waals surface area contributed by atoms with Crippen molar-refractivity contribution in [1.82, 2.24) is 5.32 Å². The van der Waals surface area contributed by atoms with E-state index in [0.29, 0.717) is 0 Å². The smallest absolute Gasteiger partial charge is 0.0806 e. The molecule has 2 nitrogen and oxygen atoms in total. The molecule has 2 fully saturated rings. The van der Waals surface area contributed by atoms with Gasteiger partial charge in [0.2, 0.25) is 0 Å². The molecule has 0 atom stereocenters. The SMILES string of the molecule is CCC(CC)COC1(CNC2CC2)CCCC1. The fourth-order valence-electron chi connectivity index (χ4n) is 2.83. The summed E-state index contributed by atoms with van der Waals surface area (Å²) in [6.45, 7) is 6.62. The van der Waals surface area contributed by atoms with Gasteiger partial charge in [0.1, 0.15) is 0 Å². The van der Waals surface area contributed by atoms with E-state index in [1.807, 2.05) is 0 Å². The van der Waals surface area contributed by atoms with E-state index in [-0.39, 0.29) is 5.60 Å². The van der Waals surface area contributed by atoms with Gasteiger partial charge in [-0.2, -0.15) is 0 Å². The molecule has 2 saturated carbocycles. The van der Waals surface area contributed by atoms with Gasteiger partial charge in [-0.25, -0.2) is 0 Å². The third kappa shape index (κ3) is 3.96. The Labute approximate surface area is 107 Å². The van der Waals surface area contributed by atoms with Crippen molar-refractivity contribution in [2.75, 3.05) is 13.2 Å². The monoisotopic (exact) mass is 239 g/mol. The van der Waals surface area contributed by atoms with Crippen molar-refractivity contribution in [1.29, 1.82) is 0 Å². The minimum absolute atomic E-state index is 0.186. The Morgan fingerprint density at radius 3 is 2.35 bits per heavy atom. The summed E-state index contributed by atoms with van der Waals surface area (Å²) in [5.41, 5.74) is 0.186. The van der Waals surface area contributed by atoms with Gasteiger partial charge in [-0.15, -0.1) is 0 Å². The molecule has 1 N–H and O–H groups in total. The van der Waals surface area contributed by atoms with E-state index in [9.17, 15) is 0 Å². The van der Waals surface area contributed by atoms with Crippen molar-refractivity contribution in [3.63, 3.8) is 0 Å². The Bertz CT molecular complexity index is 215. The summed E-state index contributed by atoms with van der Waals surface area (Å²) < 4.78 is 6.35. The van der Waals surface area contributed by atoms with Gasteiger partial charge in [0.25, 0.3) is 0 Å². The Balaban J connectivity index is 1.77. The molecule has 0 aromatic carbocycles. The molecule has 0 saturated heterocycles. The maximum absolute atomic E-state index is 6.35. The number of nitrogens with one attached hydrogen (secondary N) is 1. The number of rotatable bonds is 8. The van der Waals surface area contributed by atoms with E-state index >= 15 is 0 Å². The molecule has 2 heteroatoms. The first-order valence-electron chi connectivity index (χ1n) is 7.65. The summed E-state index contributed by atoms with van der Waals surface area (Å²) in [5, 5.41) is 3.67. The lowest BCUT2D eigenvalue weighted by Crippen LogP contribution is -2.42. The maximum atomic E-state index is 6.35. The molecule has 0 amide bonds. The van der Waals surface area contributed by atoms with Gasteiger partial charge in [-0.1, -0.05) is 39.5 Å². The summed E-state index contributed by atoms with van der Waals surface area (Å²) >= 11 is 0. The first-order valence-corrected chi connectivity index (χ1v) is 7.65. The molecular weight excluding hydrogens is 210 g/mol. The Kier molecular flexibility index (Phi) is 4.87. The molecule has 0 aromatic heterocycles. The predicted octanol–water partition coefficient (Wildman–Crippen LogP) is 3.50. The highest BCUT2D eigenvalue weighted by Crippen LogP contribution is 2.34. The van der Waals surface area contributed by atoms with Crippen LogP contribution in [0.3, 0.4) is 0 Å². The average Bonchev–Trinajstić information content (AvgIpc) is 3.08. The lowest BCUT2D eigenvalue weighted by atomic mass is 10.00. The lowest BCUT2D eigenvalue weighted by Gasteiger charge is -2.31. The van der Waals surface area contributed by atoms with Gasteiger partial charge in [-0.05, 0) is 31.6 Å². The quantitative estimate of drug-likeness (QED) is 0.700. The van der Waals surface area contributed by atoms with Gasteiger partial charge >= 0.3 is 0 Å². The van der Waals surface area contributed by atoms with Gasteiger partial charge < -0.3 is 10.1 Å². The topological polar surface area (TPSA) is 21.3 Å². The molecule has 0 aromatic rings. The third-order valence-electron chi connectivity index (χ3n) is 4.58. The van der Waals surface area contributed by atoms with Crippen molar-refractivity contribution in [2.45, 2.75) is 76.9 Å². The third-order valence-corrected chi connectivity index (χ3v) is 4.58. The molecule has 0 spiro atoms. The van der Waals surface area contributed by atoms with Crippen LogP contribution in [0.4, 0.5) is 0 Å². The van der Waals surface area contributed by atoms with Crippen LogP contribution in [0.1, 0.15) is 65.2 Å². The highest BCUT2D eigenvalue weighted by molar-refractivity contribution is 4.92. The molecule has 2 rings (SSSR count). The van der Waals surface area contributed by atoms with E-state index in [4.69, 9.17) is 4.74 Å². The van der Waals surface area contributed by atoms with Crippen LogP contribution in [0.25, 0.3) is 0 Å². The summed E-state index contributed by atoms with van der Waals surface area (Å²) in [7, 11) is 0. The lowest BCUT2D eigenvalue weighted by molar-refractivity contribution is -0.0562. The number of ether oxygens (including phenoxy) is 1. The van der Waals surface area contributed by atoms with Crippen LogP contribution in [0.15, 0.2) is 0 Å². The van der Waals surface area contributed by atoms with Gasteiger partial charge in [0, 0.05) is 12.6 Å². The second-order valence-corrected chi connectivity index (χ2v) is 6.04. The van der Waals surface area contributed by atoms with Gasteiger partial charge in [0.15, 0.2) is 0 Å². The van der Waals surface area contributed by atoms with Gasteiger partial charge in [0.05, 0.1) is 12.2 Å². The summed E-state index contributed by atoms with van der Waals surface area (Å²) in [6, 6.07) is 0.809. The number of hydrogen-bond donors (Lipinski definition) is 1. The molecule has 0 heterocycles. The van der Waals surface area contributed by atoms with E-state index in [1.54, 1.807) is 0 Å². The van der Waals surface area contributed by atoms with Crippen LogP contribution in [-0.4, -0.2) is 24.8 Å². The fourth-order valence-corrected chi connectivity index (χ4v) is 2.83. The van der Waals surface area contributed by atoms with E-state index < -0.39 is 0 Å². The molecule has 0 aliphatic heterocycles. The zero-order valence-electron chi connectivity index (χ0n) is 11.6. The number of hydrogen-bond acceptors (Lipinski definition) is 2. The standard InChI is InChI=1S/C15H29NO/c1-3-13(4-2)11-17-15(9-5-6-10-15)12-16-14-7-8-14/h13-14,16H,3-12H2,1-2H3. The first kappa shape index (κ1) is 13.4. The first-order chi connectivity index (χ1) is 8.28. The van der Waals surface area contributed by atoms with E-state index in [0.717, 1.165) is 25.1 Å². The van der Waals surface area contributed by atoms with Crippen molar-refractivity contribution < 1.29 is 4.74 Å². The van der Waals surface area contributed by atoms with Crippen LogP contribution >= 0.6 is 0 Å². The molecule has 0 unspecified atom stereocenters. The van der Waals surface area contributed by atoms with Crippen molar-refractivity contribution >= 4 is 0 Å². The Morgan fingerprint density at radius 2 is 1.82 bits per heavy atom. The molecule has 2 aliphatic rings. The summed E-state index contributed by atoms with van der Waals surface area (Å²) in [5.74, 6) is 0.758. The summed E-state index contributed by atoms with van der Waals surface area (Å²) in [6.07, 6.45) is 10.5. The molecule has 0 bridgehead atoms. The maximum Gasteiger partial charge on any atom is 0.0806 e. The zero-order chi connectivity index (χ0) is 12.1. The zero-order valence-corrected chi connectivity index (χ0v) is 11.6. The molecule has 0 radical (unpaired) electrons. The normalized spacial score (nSPS) is 23.5. The van der Waals surface area contributed by atoms with Crippen LogP contribution in [0.2, 0.25) is 0 Å². The predicted molar refractivity (Wildman–Crippen MR) is 72.2 cm³/mol. The van der Waals surface area contributed by atoms with Crippen LogP contribution in [-0.2, 0) is 4.74 Å². The minimum Gasteiger partial charge on any atom is -0.373 e. The van der Waals surface area contributed by atoms with Crippen LogP contribution < -0.4 is 5.32 Å². The average molecular weight is 239 g/mol. The van der Waals surface area contributed by atoms with E-state index in [2.05, 4.69) is 19.2 Å². The van der Waals surface area contributed by atoms with Crippen molar-refractivity contribution in [3.05, 3.63) is 0 Å². The molecule has 2 aliphatic carbocycles. The molecular formula is C15H29NO. The van der Waals surface area contributed by atoms with Crippen LogP contribution in [0.5, 0.6) is 0 Å². The van der Waals surface area contributed by atoms with Crippen LogP contribution in [0, 0.1) is 5.92 Å². The highest BCUT2D eigenvalue weighted by atomic mass is 16.5. The second-order valence-electron chi connectivity index (χ2n) is 6.04. The Hall–Kier alpha value is -0.0800. The van der Waals surface area contributed by atoms with Crippen molar-refractivity contribution in [3.8, 4) is 0 Å². The van der Waals surface area contributed by atoms with Gasteiger partial charge in [-0.3, -0.25) is 0 Å². The summed E-state index contributed by atoms with van der Waals surface area (Å²) in [4.78, 5) is 0. The molecule has 17 heavy (non-hydrogen) atoms. The highest BCUT2D eigenvalue weighted by Gasteiger charge is 2.36. The Morgan fingerprint density at radius 1 is 1.18 bits per heavy atom. The second kappa shape index (κ2) is 6.19. The largest absolute Gasteiger partial charge is 0.373 e. The fraction of sp³-hybridized carbons (Fsp3) is 1.00.